The Labute approximate surface area is 390 Å². The number of esters is 1. The van der Waals surface area contributed by atoms with Crippen LogP contribution in [0.1, 0.15) is 252 Å². The van der Waals surface area contributed by atoms with Gasteiger partial charge in [0.2, 0.25) is 5.91 Å². The van der Waals surface area contributed by atoms with Crippen LogP contribution in [0, 0.1) is 0 Å². The zero-order valence-electron chi connectivity index (χ0n) is 41.4. The Morgan fingerprint density at radius 2 is 0.889 bits per heavy atom. The highest BCUT2D eigenvalue weighted by Gasteiger charge is 2.23. The molecule has 0 saturated heterocycles. The maximum absolute atomic E-state index is 13.2. The number of unbranched alkanes of at least 4 members (excludes halogenated alkanes) is 25. The van der Waals surface area contributed by atoms with Crippen LogP contribution in [-0.4, -0.2) is 46.9 Å². The van der Waals surface area contributed by atoms with E-state index in [4.69, 9.17) is 4.74 Å². The summed E-state index contributed by atoms with van der Waals surface area (Å²) in [5.74, 6) is -0.637. The van der Waals surface area contributed by atoms with Crippen molar-refractivity contribution in [3.05, 3.63) is 72.9 Å². The van der Waals surface area contributed by atoms with Crippen molar-refractivity contribution in [2.24, 2.45) is 0 Å². The van der Waals surface area contributed by atoms with Crippen LogP contribution in [0.15, 0.2) is 72.9 Å². The summed E-state index contributed by atoms with van der Waals surface area (Å²) < 4.78 is 5.83. The lowest BCUT2D eigenvalue weighted by atomic mass is 10.0. The van der Waals surface area contributed by atoms with E-state index in [0.29, 0.717) is 19.3 Å². The molecule has 3 unspecified atom stereocenters. The van der Waals surface area contributed by atoms with E-state index in [1.165, 1.54) is 128 Å². The van der Waals surface area contributed by atoms with Gasteiger partial charge in [-0.1, -0.05) is 235 Å². The SMILES string of the molecule is CC/C=C/C/C=C/C/C=C/C/C=C/C/C=C/C(CC(=O)NC(CO)C(O)CCCCCCCCCCCCCC)OC(=O)CCCCCCC/C=C/CCCCCCCCCCC. The summed E-state index contributed by atoms with van der Waals surface area (Å²) in [6, 6.07) is -0.745. The Hall–Kier alpha value is -2.70. The fourth-order valence-electron chi connectivity index (χ4n) is 7.74. The number of hydrogen-bond acceptors (Lipinski definition) is 5. The summed E-state index contributed by atoms with van der Waals surface area (Å²) in [7, 11) is 0. The van der Waals surface area contributed by atoms with E-state index in [1.54, 1.807) is 6.08 Å². The topological polar surface area (TPSA) is 95.9 Å². The first-order chi connectivity index (χ1) is 31.0. The second kappa shape index (κ2) is 50.3. The minimum Gasteiger partial charge on any atom is -0.458 e. The molecule has 0 fully saturated rings. The van der Waals surface area contributed by atoms with Crippen LogP contribution >= 0.6 is 0 Å². The minimum atomic E-state index is -0.822. The highest BCUT2D eigenvalue weighted by molar-refractivity contribution is 5.78. The molecule has 0 spiro atoms. The number of ether oxygens (including phenoxy) is 1. The average molecular weight is 880 g/mol. The standard InChI is InChI=1S/C57H101NO5/c1-4-7-10-13-16-19-22-25-27-28-29-30-32-35-38-41-44-47-50-57(62)63-53(48-45-42-39-36-33-31-26-23-20-17-14-11-8-5-2)51-56(61)58-54(52-59)55(60)49-46-43-40-37-34-24-21-18-15-12-9-6-3/h8,11,17,20,26,29-31,36,39,45,48,53-55,59-60H,4-7,9-10,12-16,18-19,21-25,27-28,32-35,37-38,40-44,46-47,49-52H2,1-3H3,(H,58,61)/b11-8+,20-17+,30-29+,31-26+,39-36+,48-45+. The van der Waals surface area contributed by atoms with E-state index in [-0.39, 0.29) is 24.9 Å². The van der Waals surface area contributed by atoms with Crippen molar-refractivity contribution in [3.63, 3.8) is 0 Å². The van der Waals surface area contributed by atoms with Gasteiger partial charge in [0.15, 0.2) is 0 Å². The van der Waals surface area contributed by atoms with Crippen LogP contribution in [-0.2, 0) is 14.3 Å². The first-order valence-corrected chi connectivity index (χ1v) is 26.7. The van der Waals surface area contributed by atoms with Crippen LogP contribution in [0.4, 0.5) is 0 Å². The molecule has 0 heterocycles. The molecule has 6 nitrogen and oxygen atoms in total. The predicted octanol–water partition coefficient (Wildman–Crippen LogP) is 16.2. The number of rotatable bonds is 47. The number of allylic oxidation sites excluding steroid dienone is 11. The number of amides is 1. The molecule has 63 heavy (non-hydrogen) atoms. The second-order valence-electron chi connectivity index (χ2n) is 17.9. The maximum atomic E-state index is 13.2. The summed E-state index contributed by atoms with van der Waals surface area (Å²) in [4.78, 5) is 26.1. The highest BCUT2D eigenvalue weighted by atomic mass is 16.5. The van der Waals surface area contributed by atoms with Crippen molar-refractivity contribution >= 4 is 11.9 Å². The van der Waals surface area contributed by atoms with Crippen LogP contribution in [0.5, 0.6) is 0 Å². The number of aliphatic hydroxyl groups is 2. The molecule has 0 bridgehead atoms. The molecule has 0 rings (SSSR count). The Morgan fingerprint density at radius 3 is 1.33 bits per heavy atom. The molecule has 3 atom stereocenters. The van der Waals surface area contributed by atoms with Crippen LogP contribution in [0.2, 0.25) is 0 Å². The Balaban J connectivity index is 4.69. The molecule has 1 amide bonds. The smallest absolute Gasteiger partial charge is 0.306 e. The second-order valence-corrected chi connectivity index (χ2v) is 17.9. The zero-order chi connectivity index (χ0) is 45.9. The van der Waals surface area contributed by atoms with E-state index in [2.05, 4.69) is 86.8 Å². The van der Waals surface area contributed by atoms with Crippen molar-refractivity contribution in [1.29, 1.82) is 0 Å². The third-order valence-corrected chi connectivity index (χ3v) is 11.8. The molecular weight excluding hydrogens is 779 g/mol. The molecule has 0 aromatic rings. The third kappa shape index (κ3) is 45.7. The van der Waals surface area contributed by atoms with Gasteiger partial charge in [0.05, 0.1) is 25.2 Å². The summed E-state index contributed by atoms with van der Waals surface area (Å²) in [5.41, 5.74) is 0. The predicted molar refractivity (Wildman–Crippen MR) is 273 cm³/mol. The molecule has 0 aromatic heterocycles. The Bertz CT molecular complexity index is 1170. The van der Waals surface area contributed by atoms with Gasteiger partial charge in [-0.05, 0) is 76.7 Å². The van der Waals surface area contributed by atoms with Crippen LogP contribution in [0.3, 0.4) is 0 Å². The van der Waals surface area contributed by atoms with Gasteiger partial charge in [-0.2, -0.15) is 0 Å². The summed E-state index contributed by atoms with van der Waals surface area (Å²) in [6.45, 7) is 6.33. The fourth-order valence-corrected chi connectivity index (χ4v) is 7.74. The molecule has 3 N–H and O–H groups in total. The van der Waals surface area contributed by atoms with Gasteiger partial charge in [-0.15, -0.1) is 0 Å². The van der Waals surface area contributed by atoms with Crippen molar-refractivity contribution in [1.82, 2.24) is 5.32 Å². The highest BCUT2D eigenvalue weighted by Crippen LogP contribution is 2.16. The average Bonchev–Trinajstić information content (AvgIpc) is 3.28. The van der Waals surface area contributed by atoms with Crippen molar-refractivity contribution in [3.8, 4) is 0 Å². The normalized spacial score (nSPS) is 13.8. The number of carbonyl (C=O) groups excluding carboxylic acids is 2. The monoisotopic (exact) mass is 880 g/mol. The fraction of sp³-hybridized carbons (Fsp3) is 0.754. The summed E-state index contributed by atoms with van der Waals surface area (Å²) in [5, 5.41) is 23.7. The lowest BCUT2D eigenvalue weighted by Gasteiger charge is -2.23. The molecule has 0 aliphatic rings. The zero-order valence-corrected chi connectivity index (χ0v) is 41.4. The summed E-state index contributed by atoms with van der Waals surface area (Å²) in [6.07, 6.45) is 64.3. The minimum absolute atomic E-state index is 0.0507. The number of nitrogens with one attached hydrogen (secondary N) is 1. The van der Waals surface area contributed by atoms with Gasteiger partial charge in [0.1, 0.15) is 6.10 Å². The lowest BCUT2D eigenvalue weighted by molar-refractivity contribution is -0.148. The van der Waals surface area contributed by atoms with E-state index in [1.807, 2.05) is 6.08 Å². The molecule has 0 aromatic carbocycles. The van der Waals surface area contributed by atoms with E-state index < -0.39 is 18.2 Å². The molecule has 364 valence electrons. The Morgan fingerprint density at radius 1 is 0.492 bits per heavy atom. The van der Waals surface area contributed by atoms with Crippen LogP contribution in [0.25, 0.3) is 0 Å². The van der Waals surface area contributed by atoms with Gasteiger partial charge < -0.3 is 20.3 Å². The van der Waals surface area contributed by atoms with Gasteiger partial charge in [-0.25, -0.2) is 0 Å². The van der Waals surface area contributed by atoms with E-state index in [0.717, 1.165) is 77.0 Å². The molecular formula is C57H101NO5. The van der Waals surface area contributed by atoms with Crippen molar-refractivity contribution in [2.75, 3.05) is 6.61 Å². The lowest BCUT2D eigenvalue weighted by Crippen LogP contribution is -2.46. The molecule has 0 aliphatic heterocycles. The largest absolute Gasteiger partial charge is 0.458 e. The summed E-state index contributed by atoms with van der Waals surface area (Å²) >= 11 is 0. The van der Waals surface area contributed by atoms with Crippen molar-refractivity contribution in [2.45, 2.75) is 270 Å². The molecule has 6 heteroatoms. The number of aliphatic hydroxyl groups excluding tert-OH is 2. The number of hydrogen-bond donors (Lipinski definition) is 3. The van der Waals surface area contributed by atoms with Gasteiger partial charge >= 0.3 is 5.97 Å². The molecule has 0 saturated carbocycles. The van der Waals surface area contributed by atoms with Crippen molar-refractivity contribution < 1.29 is 24.5 Å². The Kier molecular flexibility index (Phi) is 48.1. The van der Waals surface area contributed by atoms with Gasteiger partial charge in [0.25, 0.3) is 0 Å². The van der Waals surface area contributed by atoms with E-state index in [9.17, 15) is 19.8 Å². The molecule has 0 aliphatic carbocycles. The first kappa shape index (κ1) is 60.3. The first-order valence-electron chi connectivity index (χ1n) is 26.7. The quantitative estimate of drug-likeness (QED) is 0.0321. The van der Waals surface area contributed by atoms with Gasteiger partial charge in [-0.3, -0.25) is 9.59 Å². The number of carbonyl (C=O) groups is 2. The maximum Gasteiger partial charge on any atom is 0.306 e. The van der Waals surface area contributed by atoms with Gasteiger partial charge in [0, 0.05) is 6.42 Å². The molecule has 0 radical (unpaired) electrons. The third-order valence-electron chi connectivity index (χ3n) is 11.8. The van der Waals surface area contributed by atoms with E-state index >= 15 is 0 Å². The van der Waals surface area contributed by atoms with Crippen LogP contribution < -0.4 is 5.32 Å².